The summed E-state index contributed by atoms with van der Waals surface area (Å²) < 4.78 is 5.61. The Morgan fingerprint density at radius 3 is 2.82 bits per heavy atom. The van der Waals surface area contributed by atoms with Crippen LogP contribution in [0.15, 0.2) is 18.3 Å². The molecule has 0 saturated carbocycles. The van der Waals surface area contributed by atoms with E-state index in [1.165, 1.54) is 0 Å². The lowest BCUT2D eigenvalue weighted by atomic mass is 10.00. The molecule has 2 rings (SSSR count). The summed E-state index contributed by atoms with van der Waals surface area (Å²) in [6, 6.07) is 4.07. The fourth-order valence-electron chi connectivity index (χ4n) is 1.96. The minimum absolute atomic E-state index is 0.155. The van der Waals surface area contributed by atoms with Gasteiger partial charge in [-0.15, -0.1) is 0 Å². The molecule has 0 spiro atoms. The van der Waals surface area contributed by atoms with Gasteiger partial charge in [-0.2, -0.15) is 0 Å². The number of pyridine rings is 1. The number of ether oxygens (including phenoxy) is 1. The molecular weight excluding hydrogens is 216 g/mol. The minimum atomic E-state index is -0.809. The van der Waals surface area contributed by atoms with Crippen LogP contribution in [0.25, 0.3) is 0 Å². The molecule has 1 saturated heterocycles. The summed E-state index contributed by atoms with van der Waals surface area (Å²) in [5, 5.41) is 9.98. The van der Waals surface area contributed by atoms with E-state index < -0.39 is 5.60 Å². The summed E-state index contributed by atoms with van der Waals surface area (Å²) in [6.07, 6.45) is 1.72. The third-order valence-electron chi connectivity index (χ3n) is 3.12. The van der Waals surface area contributed by atoms with Crippen LogP contribution < -0.4 is 4.90 Å². The Labute approximate surface area is 102 Å². The summed E-state index contributed by atoms with van der Waals surface area (Å²) >= 11 is 0. The first-order valence-corrected chi connectivity index (χ1v) is 5.98. The van der Waals surface area contributed by atoms with Crippen LogP contribution >= 0.6 is 0 Å². The Kier molecular flexibility index (Phi) is 3.35. The van der Waals surface area contributed by atoms with E-state index in [1.807, 2.05) is 19.2 Å². The number of morpholine rings is 1. The molecule has 4 heteroatoms. The van der Waals surface area contributed by atoms with Gasteiger partial charge in [-0.1, -0.05) is 0 Å². The maximum atomic E-state index is 9.98. The number of aryl methyl sites for hydroxylation is 1. The van der Waals surface area contributed by atoms with Gasteiger partial charge in [0.1, 0.15) is 6.10 Å². The van der Waals surface area contributed by atoms with Crippen molar-refractivity contribution in [2.45, 2.75) is 32.5 Å². The highest BCUT2D eigenvalue weighted by molar-refractivity contribution is 5.45. The fourth-order valence-corrected chi connectivity index (χ4v) is 1.96. The summed E-state index contributed by atoms with van der Waals surface area (Å²) in [4.78, 5) is 6.50. The first-order chi connectivity index (χ1) is 7.97. The zero-order valence-corrected chi connectivity index (χ0v) is 10.7. The van der Waals surface area contributed by atoms with Crippen molar-refractivity contribution in [2.75, 3.05) is 24.6 Å². The second-order valence-electron chi connectivity index (χ2n) is 5.12. The van der Waals surface area contributed by atoms with Crippen molar-refractivity contribution in [1.29, 1.82) is 0 Å². The van der Waals surface area contributed by atoms with Crippen LogP contribution in [0.2, 0.25) is 0 Å². The number of aliphatic hydroxyl groups is 1. The third-order valence-corrected chi connectivity index (χ3v) is 3.12. The number of rotatable bonds is 2. The van der Waals surface area contributed by atoms with Crippen molar-refractivity contribution < 1.29 is 9.84 Å². The molecule has 0 amide bonds. The lowest BCUT2D eigenvalue weighted by molar-refractivity contribution is -0.0928. The molecule has 0 aromatic carbocycles. The average molecular weight is 236 g/mol. The van der Waals surface area contributed by atoms with E-state index in [4.69, 9.17) is 4.74 Å². The number of anilines is 1. The molecule has 2 heterocycles. The lowest BCUT2D eigenvalue weighted by Gasteiger charge is -2.39. The van der Waals surface area contributed by atoms with E-state index in [1.54, 1.807) is 13.8 Å². The Hall–Kier alpha value is -1.13. The molecule has 17 heavy (non-hydrogen) atoms. The highest BCUT2D eigenvalue weighted by atomic mass is 16.5. The van der Waals surface area contributed by atoms with Crippen molar-refractivity contribution in [3.8, 4) is 0 Å². The maximum absolute atomic E-state index is 9.98. The standard InChI is InChI=1S/C13H20N2O2/c1-10-4-5-11(8-14-10)15-6-7-17-12(9-15)13(2,3)16/h4-5,8,12,16H,6-7,9H2,1-3H3/t12-/m1/s1. The molecule has 1 aliphatic rings. The van der Waals surface area contributed by atoms with Crippen LogP contribution in [-0.2, 0) is 4.74 Å². The second kappa shape index (κ2) is 4.63. The van der Waals surface area contributed by atoms with Crippen LogP contribution in [-0.4, -0.2) is 41.5 Å². The van der Waals surface area contributed by atoms with Gasteiger partial charge in [0.05, 0.1) is 24.1 Å². The monoisotopic (exact) mass is 236 g/mol. The molecule has 1 aromatic rings. The molecule has 0 radical (unpaired) electrons. The topological polar surface area (TPSA) is 45.6 Å². The Balaban J connectivity index is 2.09. The first kappa shape index (κ1) is 12.3. The smallest absolute Gasteiger partial charge is 0.103 e. The van der Waals surface area contributed by atoms with Crippen LogP contribution in [0.5, 0.6) is 0 Å². The molecule has 0 bridgehead atoms. The van der Waals surface area contributed by atoms with Gasteiger partial charge in [0.15, 0.2) is 0 Å². The molecule has 1 aliphatic heterocycles. The molecule has 1 fully saturated rings. The Morgan fingerprint density at radius 2 is 2.24 bits per heavy atom. The number of aromatic nitrogens is 1. The molecule has 1 N–H and O–H groups in total. The van der Waals surface area contributed by atoms with Crippen LogP contribution in [0.3, 0.4) is 0 Å². The van der Waals surface area contributed by atoms with E-state index >= 15 is 0 Å². The molecule has 1 atom stereocenters. The van der Waals surface area contributed by atoms with E-state index in [2.05, 4.69) is 16.0 Å². The van der Waals surface area contributed by atoms with Crippen molar-refractivity contribution in [2.24, 2.45) is 0 Å². The number of nitrogens with zero attached hydrogens (tertiary/aromatic N) is 2. The van der Waals surface area contributed by atoms with E-state index in [0.717, 1.165) is 17.9 Å². The van der Waals surface area contributed by atoms with Gasteiger partial charge in [0.2, 0.25) is 0 Å². The largest absolute Gasteiger partial charge is 0.388 e. The minimum Gasteiger partial charge on any atom is -0.388 e. The fraction of sp³-hybridized carbons (Fsp3) is 0.615. The summed E-state index contributed by atoms with van der Waals surface area (Å²) in [7, 11) is 0. The van der Waals surface area contributed by atoms with Crippen LogP contribution in [0, 0.1) is 6.92 Å². The van der Waals surface area contributed by atoms with Crippen molar-refractivity contribution >= 4 is 5.69 Å². The van der Waals surface area contributed by atoms with E-state index in [-0.39, 0.29) is 6.10 Å². The molecule has 0 aliphatic carbocycles. The maximum Gasteiger partial charge on any atom is 0.103 e. The van der Waals surface area contributed by atoms with Gasteiger partial charge in [-0.05, 0) is 32.9 Å². The van der Waals surface area contributed by atoms with Gasteiger partial charge >= 0.3 is 0 Å². The van der Waals surface area contributed by atoms with E-state index in [0.29, 0.717) is 13.2 Å². The van der Waals surface area contributed by atoms with Gasteiger partial charge in [-0.25, -0.2) is 0 Å². The quantitative estimate of drug-likeness (QED) is 0.842. The highest BCUT2D eigenvalue weighted by Gasteiger charge is 2.32. The second-order valence-corrected chi connectivity index (χ2v) is 5.12. The van der Waals surface area contributed by atoms with Gasteiger partial charge in [-0.3, -0.25) is 4.98 Å². The van der Waals surface area contributed by atoms with Gasteiger partial charge in [0, 0.05) is 18.8 Å². The van der Waals surface area contributed by atoms with Crippen LogP contribution in [0.1, 0.15) is 19.5 Å². The van der Waals surface area contributed by atoms with Crippen LogP contribution in [0.4, 0.5) is 5.69 Å². The summed E-state index contributed by atoms with van der Waals surface area (Å²) in [6.45, 7) is 7.74. The summed E-state index contributed by atoms with van der Waals surface area (Å²) in [5.74, 6) is 0. The van der Waals surface area contributed by atoms with Gasteiger partial charge < -0.3 is 14.7 Å². The van der Waals surface area contributed by atoms with Gasteiger partial charge in [0.25, 0.3) is 0 Å². The van der Waals surface area contributed by atoms with E-state index in [9.17, 15) is 5.11 Å². The highest BCUT2D eigenvalue weighted by Crippen LogP contribution is 2.22. The Bertz CT molecular complexity index is 370. The van der Waals surface area contributed by atoms with Crippen molar-refractivity contribution in [1.82, 2.24) is 4.98 Å². The zero-order valence-electron chi connectivity index (χ0n) is 10.7. The molecular formula is C13H20N2O2. The first-order valence-electron chi connectivity index (χ1n) is 5.98. The Morgan fingerprint density at radius 1 is 1.47 bits per heavy atom. The van der Waals surface area contributed by atoms with Crippen molar-refractivity contribution in [3.63, 3.8) is 0 Å². The average Bonchev–Trinajstić information content (AvgIpc) is 2.29. The number of hydrogen-bond acceptors (Lipinski definition) is 4. The molecule has 0 unspecified atom stereocenters. The number of hydrogen-bond donors (Lipinski definition) is 1. The van der Waals surface area contributed by atoms with Crippen molar-refractivity contribution in [3.05, 3.63) is 24.0 Å². The summed E-state index contributed by atoms with van der Waals surface area (Å²) in [5.41, 5.74) is 1.30. The zero-order chi connectivity index (χ0) is 12.5. The predicted octanol–water partition coefficient (Wildman–Crippen LogP) is 1.37. The lowest BCUT2D eigenvalue weighted by Crippen LogP contribution is -2.52. The molecule has 94 valence electrons. The third kappa shape index (κ3) is 2.96. The predicted molar refractivity (Wildman–Crippen MR) is 67.2 cm³/mol. The SMILES string of the molecule is Cc1ccc(N2CCO[C@@H](C(C)(C)O)C2)cn1. The molecule has 4 nitrogen and oxygen atoms in total. The molecule has 1 aromatic heterocycles. The normalized spacial score (nSPS) is 21.6.